The van der Waals surface area contributed by atoms with Crippen LogP contribution in [0.15, 0.2) is 22.3 Å². The van der Waals surface area contributed by atoms with Crippen LogP contribution < -0.4 is 5.56 Å². The number of rotatable bonds is 3. The van der Waals surface area contributed by atoms with Gasteiger partial charge in [0.1, 0.15) is 5.82 Å². The first-order valence-corrected chi connectivity index (χ1v) is 11.2. The molecule has 5 rings (SSSR count). The lowest BCUT2D eigenvalue weighted by atomic mass is 9.96. The highest BCUT2D eigenvalue weighted by Gasteiger charge is 2.36. The highest BCUT2D eigenvalue weighted by Crippen LogP contribution is 2.34. The first-order valence-electron chi connectivity index (χ1n) is 10.3. The summed E-state index contributed by atoms with van der Waals surface area (Å²) in [5, 5.41) is 1.88. The fraction of sp³-hybridized carbons (Fsp3) is 0.524. The lowest BCUT2D eigenvalue weighted by Crippen LogP contribution is -2.42. The standard InChI is InChI=1S/C21H24N4O3S/c26-19-15-12-25(21(28)17-4-2-10-29-17)9-7-16(15)22-18(23-19)14-3-1-8-24(11-14)20(27)13-5-6-13/h2,4,10,13-14H,1,3,5-9,11-12H2,(H,22,23,26). The van der Waals surface area contributed by atoms with E-state index in [1.165, 1.54) is 11.3 Å². The highest BCUT2D eigenvalue weighted by atomic mass is 32.1. The van der Waals surface area contributed by atoms with Crippen LogP contribution >= 0.6 is 11.3 Å². The molecule has 1 unspecified atom stereocenters. The summed E-state index contributed by atoms with van der Waals surface area (Å²) in [5.41, 5.74) is 1.23. The predicted octanol–water partition coefficient (Wildman–Crippen LogP) is 2.15. The number of carbonyl (C=O) groups excluding carboxylic acids is 2. The second-order valence-corrected chi connectivity index (χ2v) is 9.18. The third-order valence-corrected chi connectivity index (χ3v) is 7.01. The molecule has 2 amide bonds. The van der Waals surface area contributed by atoms with Crippen molar-refractivity contribution in [3.05, 3.63) is 49.8 Å². The average Bonchev–Trinajstić information content (AvgIpc) is 3.46. The van der Waals surface area contributed by atoms with Crippen molar-refractivity contribution in [3.8, 4) is 0 Å². The second kappa shape index (κ2) is 7.40. The summed E-state index contributed by atoms with van der Waals surface area (Å²) in [5.74, 6) is 1.22. The normalized spacial score (nSPS) is 21.7. The van der Waals surface area contributed by atoms with E-state index >= 15 is 0 Å². The van der Waals surface area contributed by atoms with Crippen molar-refractivity contribution >= 4 is 23.2 Å². The SMILES string of the molecule is O=C(c1cccs1)N1CCc2nc(C3CCCN(C(=O)C4CC4)C3)[nH]c(=O)c2C1. The summed E-state index contributed by atoms with van der Waals surface area (Å²) in [6.07, 6.45) is 4.47. The fourth-order valence-corrected chi connectivity index (χ4v) is 5.05. The van der Waals surface area contributed by atoms with E-state index in [0.29, 0.717) is 42.3 Å². The molecule has 1 N–H and O–H groups in total. The molecule has 7 nitrogen and oxygen atoms in total. The number of nitrogens with one attached hydrogen (secondary N) is 1. The van der Waals surface area contributed by atoms with Gasteiger partial charge in [-0.25, -0.2) is 4.98 Å². The van der Waals surface area contributed by atoms with Gasteiger partial charge >= 0.3 is 0 Å². The third kappa shape index (κ3) is 3.61. The Kier molecular flexibility index (Phi) is 4.73. The van der Waals surface area contributed by atoms with Gasteiger partial charge in [-0.2, -0.15) is 0 Å². The summed E-state index contributed by atoms with van der Waals surface area (Å²) in [6, 6.07) is 3.67. The Labute approximate surface area is 172 Å². The molecule has 0 aromatic carbocycles. The summed E-state index contributed by atoms with van der Waals surface area (Å²) in [6.45, 7) is 2.31. The lowest BCUT2D eigenvalue weighted by Gasteiger charge is -2.33. The van der Waals surface area contributed by atoms with Crippen LogP contribution in [0.25, 0.3) is 0 Å². The van der Waals surface area contributed by atoms with Gasteiger partial charge in [0.05, 0.1) is 22.7 Å². The molecule has 1 aliphatic carbocycles. The number of thiophene rings is 1. The third-order valence-electron chi connectivity index (χ3n) is 6.15. The molecule has 2 aromatic heterocycles. The van der Waals surface area contributed by atoms with E-state index in [2.05, 4.69) is 4.98 Å². The Bertz CT molecular complexity index is 996. The number of aromatic amines is 1. The van der Waals surface area contributed by atoms with E-state index in [-0.39, 0.29) is 29.2 Å². The van der Waals surface area contributed by atoms with Crippen molar-refractivity contribution in [2.45, 2.75) is 44.6 Å². The molecule has 2 aromatic rings. The van der Waals surface area contributed by atoms with Crippen LogP contribution in [0.4, 0.5) is 0 Å². The van der Waals surface area contributed by atoms with Crippen LogP contribution in [0.3, 0.4) is 0 Å². The van der Waals surface area contributed by atoms with Crippen LogP contribution in [0.2, 0.25) is 0 Å². The van der Waals surface area contributed by atoms with Crippen molar-refractivity contribution in [2.75, 3.05) is 19.6 Å². The van der Waals surface area contributed by atoms with Crippen molar-refractivity contribution in [1.29, 1.82) is 0 Å². The van der Waals surface area contributed by atoms with Crippen LogP contribution in [-0.2, 0) is 17.8 Å². The van der Waals surface area contributed by atoms with Gasteiger partial charge in [0.2, 0.25) is 5.91 Å². The molecule has 1 saturated carbocycles. The van der Waals surface area contributed by atoms with Crippen LogP contribution in [0.5, 0.6) is 0 Å². The zero-order chi connectivity index (χ0) is 20.0. The number of fused-ring (bicyclic) bond motifs is 1. The van der Waals surface area contributed by atoms with E-state index in [4.69, 9.17) is 4.98 Å². The number of aromatic nitrogens is 2. The minimum atomic E-state index is -0.153. The number of piperidine rings is 1. The average molecular weight is 413 g/mol. The monoisotopic (exact) mass is 412 g/mol. The number of carbonyl (C=O) groups is 2. The van der Waals surface area contributed by atoms with Crippen LogP contribution in [0.1, 0.15) is 58.4 Å². The first kappa shape index (κ1) is 18.5. The Balaban J connectivity index is 1.34. The van der Waals surface area contributed by atoms with Crippen molar-refractivity contribution in [3.63, 3.8) is 0 Å². The number of hydrogen-bond donors (Lipinski definition) is 1. The molecule has 8 heteroatoms. The van der Waals surface area contributed by atoms with Crippen molar-refractivity contribution < 1.29 is 9.59 Å². The largest absolute Gasteiger partial charge is 0.342 e. The molecule has 152 valence electrons. The van der Waals surface area contributed by atoms with Gasteiger partial charge in [0.15, 0.2) is 0 Å². The first-order chi connectivity index (χ1) is 14.1. The molecule has 1 saturated heterocycles. The molecule has 0 radical (unpaired) electrons. The van der Waals surface area contributed by atoms with Gasteiger partial charge in [0.25, 0.3) is 11.5 Å². The van der Waals surface area contributed by atoms with Gasteiger partial charge in [-0.3, -0.25) is 14.4 Å². The lowest BCUT2D eigenvalue weighted by molar-refractivity contribution is -0.133. The molecular weight excluding hydrogens is 388 g/mol. The topological polar surface area (TPSA) is 86.4 Å². The molecule has 0 spiro atoms. The smallest absolute Gasteiger partial charge is 0.264 e. The molecule has 2 fully saturated rings. The molecule has 1 atom stereocenters. The van der Waals surface area contributed by atoms with Crippen LogP contribution in [0, 0.1) is 5.92 Å². The Morgan fingerprint density at radius 1 is 1.17 bits per heavy atom. The molecule has 2 aliphatic heterocycles. The zero-order valence-electron chi connectivity index (χ0n) is 16.2. The van der Waals surface area contributed by atoms with E-state index in [9.17, 15) is 14.4 Å². The minimum absolute atomic E-state index is 0.0318. The van der Waals surface area contributed by atoms with E-state index in [1.54, 1.807) is 4.90 Å². The summed E-state index contributed by atoms with van der Waals surface area (Å²) >= 11 is 1.42. The molecule has 3 aliphatic rings. The van der Waals surface area contributed by atoms with E-state index < -0.39 is 0 Å². The summed E-state index contributed by atoms with van der Waals surface area (Å²) < 4.78 is 0. The van der Waals surface area contributed by atoms with Crippen molar-refractivity contribution in [2.24, 2.45) is 5.92 Å². The Morgan fingerprint density at radius 3 is 2.79 bits per heavy atom. The quantitative estimate of drug-likeness (QED) is 0.837. The Morgan fingerprint density at radius 2 is 2.03 bits per heavy atom. The zero-order valence-corrected chi connectivity index (χ0v) is 17.0. The van der Waals surface area contributed by atoms with Gasteiger partial charge < -0.3 is 14.8 Å². The predicted molar refractivity (Wildman–Crippen MR) is 109 cm³/mol. The number of hydrogen-bond acceptors (Lipinski definition) is 5. The van der Waals surface area contributed by atoms with Gasteiger partial charge in [0, 0.05) is 37.9 Å². The number of amides is 2. The molecule has 29 heavy (non-hydrogen) atoms. The minimum Gasteiger partial charge on any atom is -0.342 e. The maximum absolute atomic E-state index is 12.8. The fourth-order valence-electron chi connectivity index (χ4n) is 4.36. The maximum Gasteiger partial charge on any atom is 0.264 e. The highest BCUT2D eigenvalue weighted by molar-refractivity contribution is 7.12. The van der Waals surface area contributed by atoms with Gasteiger partial charge in [-0.05, 0) is 37.1 Å². The Hall–Kier alpha value is -2.48. The van der Waals surface area contributed by atoms with E-state index in [0.717, 1.165) is 37.9 Å². The maximum atomic E-state index is 12.8. The molecular formula is C21H24N4O3S. The number of nitrogens with zero attached hydrogens (tertiary/aromatic N) is 3. The van der Waals surface area contributed by atoms with Gasteiger partial charge in [-0.1, -0.05) is 6.07 Å². The van der Waals surface area contributed by atoms with Crippen LogP contribution in [-0.4, -0.2) is 51.2 Å². The number of H-pyrrole nitrogens is 1. The summed E-state index contributed by atoms with van der Waals surface area (Å²) in [4.78, 5) is 50.0. The summed E-state index contributed by atoms with van der Waals surface area (Å²) in [7, 11) is 0. The molecule has 4 heterocycles. The second-order valence-electron chi connectivity index (χ2n) is 8.23. The van der Waals surface area contributed by atoms with Gasteiger partial charge in [-0.15, -0.1) is 11.3 Å². The number of likely N-dealkylation sites (tertiary alicyclic amines) is 1. The van der Waals surface area contributed by atoms with Crippen molar-refractivity contribution in [1.82, 2.24) is 19.8 Å². The molecule has 0 bridgehead atoms. The van der Waals surface area contributed by atoms with E-state index in [1.807, 2.05) is 22.4 Å².